The molecule has 0 heterocycles. The summed E-state index contributed by atoms with van der Waals surface area (Å²) in [5.41, 5.74) is 6.39. The van der Waals surface area contributed by atoms with Gasteiger partial charge in [-0.25, -0.2) is 0 Å². The van der Waals surface area contributed by atoms with Gasteiger partial charge in [0.25, 0.3) is 0 Å². The molecule has 2 heteroatoms. The molecular weight excluding hydrogens is 254 g/mol. The number of benzene rings is 1. The highest BCUT2D eigenvalue weighted by Gasteiger charge is 2.20. The maximum atomic E-state index is 2.31. The lowest BCUT2D eigenvalue weighted by Crippen LogP contribution is -2.13. The Kier molecular flexibility index (Phi) is 6.60. The number of halogens is 1. The van der Waals surface area contributed by atoms with E-state index in [9.17, 15) is 0 Å². The van der Waals surface area contributed by atoms with Gasteiger partial charge in [-0.05, 0) is 56.5 Å². The van der Waals surface area contributed by atoms with Crippen LogP contribution in [0.4, 0.5) is 0 Å². The molecule has 0 amide bonds. The van der Waals surface area contributed by atoms with Crippen LogP contribution < -0.4 is 0 Å². The molecule has 0 spiro atoms. The van der Waals surface area contributed by atoms with Gasteiger partial charge in [0.2, 0.25) is 0 Å². The molecular formula is C17H26ClN. The summed E-state index contributed by atoms with van der Waals surface area (Å²) in [6.45, 7) is 3.44. The summed E-state index contributed by atoms with van der Waals surface area (Å²) in [5, 5.41) is 0. The number of hydrogen-bond donors (Lipinski definition) is 0. The van der Waals surface area contributed by atoms with Crippen molar-refractivity contribution in [1.82, 2.24) is 4.90 Å². The molecule has 0 saturated carbocycles. The summed E-state index contributed by atoms with van der Waals surface area (Å²) >= 11 is 0. The Bertz CT molecular complexity index is 435. The summed E-state index contributed by atoms with van der Waals surface area (Å²) in [5.74, 6) is 0. The van der Waals surface area contributed by atoms with Crippen LogP contribution in [0.5, 0.6) is 0 Å². The maximum Gasteiger partial charge on any atom is 0.00128 e. The van der Waals surface area contributed by atoms with Crippen molar-refractivity contribution in [2.75, 3.05) is 20.6 Å². The van der Waals surface area contributed by atoms with Gasteiger partial charge in [-0.1, -0.05) is 43.2 Å². The van der Waals surface area contributed by atoms with Crippen molar-refractivity contribution < 1.29 is 0 Å². The van der Waals surface area contributed by atoms with Crippen molar-refractivity contribution in [2.24, 2.45) is 0 Å². The van der Waals surface area contributed by atoms with E-state index in [-0.39, 0.29) is 12.4 Å². The van der Waals surface area contributed by atoms with Crippen molar-refractivity contribution in [3.63, 3.8) is 0 Å². The van der Waals surface area contributed by atoms with Gasteiger partial charge in [0.1, 0.15) is 0 Å². The van der Waals surface area contributed by atoms with Crippen molar-refractivity contribution in [1.29, 1.82) is 0 Å². The second-order valence-corrected chi connectivity index (χ2v) is 5.57. The van der Waals surface area contributed by atoms with Crippen LogP contribution in [0.2, 0.25) is 0 Å². The molecule has 1 aliphatic carbocycles. The van der Waals surface area contributed by atoms with Crippen LogP contribution in [-0.2, 0) is 6.42 Å². The van der Waals surface area contributed by atoms with Gasteiger partial charge in [-0.2, -0.15) is 0 Å². The van der Waals surface area contributed by atoms with Crippen LogP contribution in [0, 0.1) is 0 Å². The Morgan fingerprint density at radius 3 is 2.53 bits per heavy atom. The second-order valence-electron chi connectivity index (χ2n) is 5.57. The van der Waals surface area contributed by atoms with E-state index < -0.39 is 0 Å². The summed E-state index contributed by atoms with van der Waals surface area (Å²) in [4.78, 5) is 2.29. The van der Waals surface area contributed by atoms with Crippen LogP contribution in [0.15, 0.2) is 29.8 Å². The molecule has 106 valence electrons. The molecule has 0 saturated heterocycles. The molecule has 0 radical (unpaired) electrons. The van der Waals surface area contributed by atoms with E-state index in [0.29, 0.717) is 0 Å². The van der Waals surface area contributed by atoms with Gasteiger partial charge in [-0.15, -0.1) is 12.4 Å². The summed E-state index contributed by atoms with van der Waals surface area (Å²) < 4.78 is 0. The van der Waals surface area contributed by atoms with E-state index in [1.165, 1.54) is 49.8 Å². The molecule has 0 bridgehead atoms. The third kappa shape index (κ3) is 4.09. The van der Waals surface area contributed by atoms with Gasteiger partial charge in [0.15, 0.2) is 0 Å². The Morgan fingerprint density at radius 1 is 1.11 bits per heavy atom. The van der Waals surface area contributed by atoms with Crippen LogP contribution in [0.3, 0.4) is 0 Å². The normalized spacial score (nSPS) is 13.7. The molecule has 0 aromatic heterocycles. The largest absolute Gasteiger partial charge is 0.309 e. The number of unbranched alkanes of at least 4 members (excludes halogenated alkanes) is 1. The SMILES string of the molecule is CCCCC1=C(CCN(C)C)Cc2ccccc21.Cl. The van der Waals surface area contributed by atoms with E-state index in [1.54, 1.807) is 11.1 Å². The lowest BCUT2D eigenvalue weighted by Gasteiger charge is -2.12. The first-order valence-corrected chi connectivity index (χ1v) is 7.16. The van der Waals surface area contributed by atoms with Crippen molar-refractivity contribution in [3.05, 3.63) is 41.0 Å². The Balaban J connectivity index is 0.00000180. The topological polar surface area (TPSA) is 3.24 Å². The second kappa shape index (κ2) is 7.72. The summed E-state index contributed by atoms with van der Waals surface area (Å²) in [6.07, 6.45) is 6.27. The molecule has 1 aliphatic rings. The smallest absolute Gasteiger partial charge is 0.00128 e. The quantitative estimate of drug-likeness (QED) is 0.738. The minimum Gasteiger partial charge on any atom is -0.309 e. The highest BCUT2D eigenvalue weighted by molar-refractivity contribution is 5.85. The lowest BCUT2D eigenvalue weighted by atomic mass is 9.99. The van der Waals surface area contributed by atoms with Gasteiger partial charge < -0.3 is 4.90 Å². The molecule has 0 atom stereocenters. The third-order valence-electron chi connectivity index (χ3n) is 3.81. The predicted molar refractivity (Wildman–Crippen MR) is 87.0 cm³/mol. The zero-order chi connectivity index (χ0) is 13.0. The first kappa shape index (κ1) is 16.3. The molecule has 0 unspecified atom stereocenters. The minimum atomic E-state index is 0. The third-order valence-corrected chi connectivity index (χ3v) is 3.81. The summed E-state index contributed by atoms with van der Waals surface area (Å²) in [6, 6.07) is 8.96. The Hall–Kier alpha value is -0.790. The van der Waals surface area contributed by atoms with E-state index in [2.05, 4.69) is 50.2 Å². The minimum absolute atomic E-state index is 0. The fourth-order valence-corrected chi connectivity index (χ4v) is 2.76. The molecule has 1 aromatic rings. The fourth-order valence-electron chi connectivity index (χ4n) is 2.76. The highest BCUT2D eigenvalue weighted by Crippen LogP contribution is 2.37. The zero-order valence-corrected chi connectivity index (χ0v) is 13.2. The van der Waals surface area contributed by atoms with Gasteiger partial charge in [0.05, 0.1) is 0 Å². The molecule has 19 heavy (non-hydrogen) atoms. The Morgan fingerprint density at radius 2 is 1.84 bits per heavy atom. The molecule has 1 aromatic carbocycles. The van der Waals surface area contributed by atoms with Gasteiger partial charge in [-0.3, -0.25) is 0 Å². The van der Waals surface area contributed by atoms with Gasteiger partial charge in [0, 0.05) is 6.54 Å². The first-order chi connectivity index (χ1) is 8.72. The van der Waals surface area contributed by atoms with Crippen LogP contribution in [-0.4, -0.2) is 25.5 Å². The predicted octanol–water partition coefficient (Wildman–Crippen LogP) is 4.56. The number of nitrogens with zero attached hydrogens (tertiary/aromatic N) is 1. The number of rotatable bonds is 6. The average molecular weight is 280 g/mol. The van der Waals surface area contributed by atoms with Crippen LogP contribution >= 0.6 is 12.4 Å². The van der Waals surface area contributed by atoms with E-state index in [1.807, 2.05) is 0 Å². The molecule has 1 nitrogen and oxygen atoms in total. The molecule has 0 fully saturated rings. The molecule has 0 aliphatic heterocycles. The van der Waals surface area contributed by atoms with Crippen molar-refractivity contribution in [2.45, 2.75) is 39.0 Å². The molecule has 0 N–H and O–H groups in total. The number of hydrogen-bond acceptors (Lipinski definition) is 1. The number of fused-ring (bicyclic) bond motifs is 1. The van der Waals surface area contributed by atoms with Crippen molar-refractivity contribution in [3.8, 4) is 0 Å². The monoisotopic (exact) mass is 279 g/mol. The zero-order valence-electron chi connectivity index (χ0n) is 12.4. The van der Waals surface area contributed by atoms with E-state index in [4.69, 9.17) is 0 Å². The maximum absolute atomic E-state index is 2.31. The first-order valence-electron chi connectivity index (χ1n) is 7.16. The molecule has 2 rings (SSSR count). The van der Waals surface area contributed by atoms with Gasteiger partial charge >= 0.3 is 0 Å². The highest BCUT2D eigenvalue weighted by atomic mass is 35.5. The Labute approximate surface area is 124 Å². The van der Waals surface area contributed by atoms with Crippen LogP contribution in [0.1, 0.15) is 43.7 Å². The fraction of sp³-hybridized carbons (Fsp3) is 0.529. The lowest BCUT2D eigenvalue weighted by molar-refractivity contribution is 0.412. The van der Waals surface area contributed by atoms with Crippen molar-refractivity contribution >= 4 is 18.0 Å². The number of allylic oxidation sites excluding steroid dienone is 1. The van der Waals surface area contributed by atoms with E-state index >= 15 is 0 Å². The average Bonchev–Trinajstić information content (AvgIpc) is 2.71. The standard InChI is InChI=1S/C17H25N.ClH/c1-4-5-9-16-15(11-12-18(2)3)13-14-8-6-7-10-17(14)16;/h6-8,10H,4-5,9,11-13H2,1-3H3;1H. The van der Waals surface area contributed by atoms with Crippen LogP contribution in [0.25, 0.3) is 5.57 Å². The summed E-state index contributed by atoms with van der Waals surface area (Å²) in [7, 11) is 4.32. The van der Waals surface area contributed by atoms with E-state index in [0.717, 1.165) is 0 Å².